The van der Waals surface area contributed by atoms with Crippen molar-refractivity contribution in [1.29, 1.82) is 0 Å². The molecule has 74 valence electrons. The molecule has 0 bridgehead atoms. The Labute approximate surface area is 79.6 Å². The van der Waals surface area contributed by atoms with Gasteiger partial charge in [-0.1, -0.05) is 20.4 Å². The van der Waals surface area contributed by atoms with Gasteiger partial charge in [0, 0.05) is 0 Å². The van der Waals surface area contributed by atoms with E-state index in [1.54, 1.807) is 0 Å². The van der Waals surface area contributed by atoms with Crippen LogP contribution in [-0.2, 0) is 4.74 Å². The zero-order valence-electron chi connectivity index (χ0n) is 8.42. The highest BCUT2D eigenvalue weighted by atomic mass is 16.6. The first-order valence-electron chi connectivity index (χ1n) is 5.08. The third-order valence-corrected chi connectivity index (χ3v) is 3.53. The van der Waals surface area contributed by atoms with Crippen molar-refractivity contribution in [3.63, 3.8) is 0 Å². The average Bonchev–Trinajstić information content (AvgIpc) is 2.75. The monoisotopic (exact) mass is 182 g/mol. The Bertz CT molecular complexity index is 236. The summed E-state index contributed by atoms with van der Waals surface area (Å²) in [5.74, 6) is 1.23. The highest BCUT2D eigenvalue weighted by Crippen LogP contribution is 2.53. The molecular weight excluding hydrogens is 164 g/mol. The minimum Gasteiger partial charge on any atom is -0.394 e. The van der Waals surface area contributed by atoms with Crippen molar-refractivity contribution in [2.24, 2.45) is 11.8 Å². The molecule has 13 heavy (non-hydrogen) atoms. The summed E-state index contributed by atoms with van der Waals surface area (Å²) in [7, 11) is 0. The number of ether oxygens (including phenoxy) is 1. The van der Waals surface area contributed by atoms with Crippen LogP contribution >= 0.6 is 0 Å². The van der Waals surface area contributed by atoms with Gasteiger partial charge in [0.2, 0.25) is 0 Å². The van der Waals surface area contributed by atoms with Crippen LogP contribution < -0.4 is 0 Å². The van der Waals surface area contributed by atoms with Crippen molar-refractivity contribution in [1.82, 2.24) is 0 Å². The van der Waals surface area contributed by atoms with Gasteiger partial charge in [-0.2, -0.15) is 0 Å². The number of aliphatic hydroxyl groups is 1. The van der Waals surface area contributed by atoms with Gasteiger partial charge < -0.3 is 9.84 Å². The third kappa shape index (κ3) is 1.24. The summed E-state index contributed by atoms with van der Waals surface area (Å²) in [6.45, 7) is 8.70. The molecule has 1 N–H and O–H groups in total. The molecular formula is C11H18O2. The Morgan fingerprint density at radius 1 is 1.62 bits per heavy atom. The lowest BCUT2D eigenvalue weighted by atomic mass is 9.72. The number of hydrogen-bond donors (Lipinski definition) is 1. The number of rotatable bonds is 1. The fraction of sp³-hybridized carbons (Fsp3) is 0.818. The van der Waals surface area contributed by atoms with Crippen molar-refractivity contribution >= 4 is 0 Å². The van der Waals surface area contributed by atoms with Gasteiger partial charge >= 0.3 is 0 Å². The second-order valence-corrected chi connectivity index (χ2v) is 4.65. The number of epoxide rings is 1. The van der Waals surface area contributed by atoms with Crippen molar-refractivity contribution in [3.8, 4) is 0 Å². The summed E-state index contributed by atoms with van der Waals surface area (Å²) >= 11 is 0. The summed E-state index contributed by atoms with van der Waals surface area (Å²) in [6, 6.07) is 0. The van der Waals surface area contributed by atoms with E-state index in [1.807, 2.05) is 0 Å². The molecule has 1 saturated heterocycles. The topological polar surface area (TPSA) is 32.8 Å². The predicted octanol–water partition coefficient (Wildman–Crippen LogP) is 1.74. The van der Waals surface area contributed by atoms with Crippen LogP contribution in [0.3, 0.4) is 0 Å². The van der Waals surface area contributed by atoms with E-state index in [1.165, 1.54) is 12.0 Å². The Hall–Kier alpha value is -0.340. The lowest BCUT2D eigenvalue weighted by Gasteiger charge is -2.32. The SMILES string of the molecule is C=C1[C@@H](C)C[C@H](C)CC12OC2CO. The normalized spacial score (nSPS) is 49.8. The summed E-state index contributed by atoms with van der Waals surface area (Å²) in [4.78, 5) is 0. The quantitative estimate of drug-likeness (QED) is 0.495. The molecule has 2 heteroatoms. The van der Waals surface area contributed by atoms with Gasteiger partial charge in [0.15, 0.2) is 0 Å². The van der Waals surface area contributed by atoms with Gasteiger partial charge in [0.1, 0.15) is 11.7 Å². The maximum absolute atomic E-state index is 9.05. The Morgan fingerprint density at radius 3 is 2.85 bits per heavy atom. The minimum absolute atomic E-state index is 0.0326. The van der Waals surface area contributed by atoms with E-state index >= 15 is 0 Å². The first-order chi connectivity index (χ1) is 6.10. The van der Waals surface area contributed by atoms with Gasteiger partial charge in [-0.3, -0.25) is 0 Å². The van der Waals surface area contributed by atoms with Crippen LogP contribution in [0.2, 0.25) is 0 Å². The zero-order chi connectivity index (χ0) is 9.64. The first-order valence-corrected chi connectivity index (χ1v) is 5.08. The fourth-order valence-corrected chi connectivity index (χ4v) is 2.76. The van der Waals surface area contributed by atoms with E-state index in [4.69, 9.17) is 9.84 Å². The molecule has 1 saturated carbocycles. The summed E-state index contributed by atoms with van der Waals surface area (Å²) in [5, 5.41) is 9.05. The molecule has 1 aliphatic heterocycles. The molecule has 0 amide bonds. The van der Waals surface area contributed by atoms with Crippen LogP contribution in [-0.4, -0.2) is 23.4 Å². The molecule has 0 aromatic carbocycles. The van der Waals surface area contributed by atoms with Crippen LogP contribution in [0.15, 0.2) is 12.2 Å². The molecule has 2 nitrogen and oxygen atoms in total. The predicted molar refractivity (Wildman–Crippen MR) is 51.4 cm³/mol. The van der Waals surface area contributed by atoms with E-state index in [0.29, 0.717) is 11.8 Å². The van der Waals surface area contributed by atoms with Crippen molar-refractivity contribution in [3.05, 3.63) is 12.2 Å². The maximum atomic E-state index is 9.05. The molecule has 1 heterocycles. The Morgan fingerprint density at radius 2 is 2.31 bits per heavy atom. The van der Waals surface area contributed by atoms with Gasteiger partial charge in [-0.25, -0.2) is 0 Å². The highest BCUT2D eigenvalue weighted by Gasteiger charge is 2.60. The van der Waals surface area contributed by atoms with Gasteiger partial charge in [0.05, 0.1) is 6.61 Å². The lowest BCUT2D eigenvalue weighted by molar-refractivity contribution is 0.212. The third-order valence-electron chi connectivity index (χ3n) is 3.53. The molecule has 1 aliphatic carbocycles. The van der Waals surface area contributed by atoms with Crippen LogP contribution in [0.1, 0.15) is 26.7 Å². The smallest absolute Gasteiger partial charge is 0.118 e. The first kappa shape index (κ1) is 9.22. The molecule has 0 radical (unpaired) electrons. The van der Waals surface area contributed by atoms with E-state index in [9.17, 15) is 0 Å². The number of aliphatic hydroxyl groups excluding tert-OH is 1. The number of hydrogen-bond acceptors (Lipinski definition) is 2. The van der Waals surface area contributed by atoms with E-state index < -0.39 is 0 Å². The van der Waals surface area contributed by atoms with Crippen LogP contribution in [0.5, 0.6) is 0 Å². The Balaban J connectivity index is 2.15. The van der Waals surface area contributed by atoms with E-state index in [2.05, 4.69) is 20.4 Å². The second kappa shape index (κ2) is 2.82. The largest absolute Gasteiger partial charge is 0.394 e. The highest BCUT2D eigenvalue weighted by molar-refractivity contribution is 5.29. The molecule has 0 aromatic rings. The molecule has 2 rings (SSSR count). The van der Waals surface area contributed by atoms with E-state index in [-0.39, 0.29) is 18.3 Å². The van der Waals surface area contributed by atoms with Crippen LogP contribution in [0, 0.1) is 11.8 Å². The van der Waals surface area contributed by atoms with Crippen molar-refractivity contribution in [2.45, 2.75) is 38.4 Å². The Kier molecular flexibility index (Phi) is 2.00. The molecule has 0 aromatic heterocycles. The fourth-order valence-electron chi connectivity index (χ4n) is 2.76. The zero-order valence-corrected chi connectivity index (χ0v) is 8.42. The van der Waals surface area contributed by atoms with E-state index in [0.717, 1.165) is 6.42 Å². The molecule has 2 unspecified atom stereocenters. The summed E-state index contributed by atoms with van der Waals surface area (Å²) in [5.41, 5.74) is 1.05. The molecule has 1 spiro atoms. The maximum Gasteiger partial charge on any atom is 0.118 e. The van der Waals surface area contributed by atoms with Crippen LogP contribution in [0.25, 0.3) is 0 Å². The molecule has 2 fully saturated rings. The van der Waals surface area contributed by atoms with Crippen LogP contribution in [0.4, 0.5) is 0 Å². The lowest BCUT2D eigenvalue weighted by Crippen LogP contribution is -2.32. The standard InChI is InChI=1S/C11H18O2/c1-7-4-8(2)9(3)11(5-7)10(6-12)13-11/h7-8,10,12H,3-6H2,1-2H3/t7-,8-,10?,11?/m0/s1. The van der Waals surface area contributed by atoms with Gasteiger partial charge in [0.25, 0.3) is 0 Å². The second-order valence-electron chi connectivity index (χ2n) is 4.65. The van der Waals surface area contributed by atoms with Gasteiger partial charge in [-0.05, 0) is 30.3 Å². The van der Waals surface area contributed by atoms with Crippen molar-refractivity contribution < 1.29 is 9.84 Å². The average molecular weight is 182 g/mol. The summed E-state index contributed by atoms with van der Waals surface area (Å²) < 4.78 is 5.60. The molecule has 4 atom stereocenters. The summed E-state index contributed by atoms with van der Waals surface area (Å²) in [6.07, 6.45) is 2.29. The van der Waals surface area contributed by atoms with Crippen molar-refractivity contribution in [2.75, 3.05) is 6.61 Å². The molecule has 2 aliphatic rings. The van der Waals surface area contributed by atoms with Gasteiger partial charge in [-0.15, -0.1) is 0 Å². The minimum atomic E-state index is -0.147.